The van der Waals surface area contributed by atoms with Gasteiger partial charge in [-0.2, -0.15) is 0 Å². The summed E-state index contributed by atoms with van der Waals surface area (Å²) >= 11 is 0. The number of ketones is 1. The van der Waals surface area contributed by atoms with Crippen molar-refractivity contribution in [2.24, 2.45) is 0 Å². The van der Waals surface area contributed by atoms with Crippen LogP contribution in [0.3, 0.4) is 0 Å². The molecule has 0 unspecified atom stereocenters. The van der Waals surface area contributed by atoms with Gasteiger partial charge in [-0.1, -0.05) is 0 Å². The highest BCUT2D eigenvalue weighted by Crippen LogP contribution is 2.65. The zero-order chi connectivity index (χ0) is 25.9. The maximum Gasteiger partial charge on any atom is 0.189 e. The number of benzene rings is 2. The summed E-state index contributed by atoms with van der Waals surface area (Å²) in [7, 11) is 1.58. The number of fused-ring (bicyclic) bond motifs is 8. The SMILES string of the molecule is COc1c2c(c(O)c3c4c(c(C)cc13)[C@@H]1O[C@](C)(C3OCCCO3)[C@]3(CO3)[C@](C)(O4)[C@H]1O)C(=O)CCC2. The molecule has 0 radical (unpaired) electrons. The number of ether oxygens (including phenoxy) is 6. The van der Waals surface area contributed by atoms with Crippen LogP contribution in [0.4, 0.5) is 0 Å². The average Bonchev–Trinajstić information content (AvgIpc) is 3.70. The van der Waals surface area contributed by atoms with Crippen molar-refractivity contribution >= 4 is 16.6 Å². The predicted molar refractivity (Wildman–Crippen MR) is 130 cm³/mol. The fourth-order valence-electron chi connectivity index (χ4n) is 7.26. The van der Waals surface area contributed by atoms with E-state index in [1.807, 2.05) is 26.8 Å². The molecule has 2 aromatic rings. The molecule has 198 valence electrons. The molecule has 7 rings (SSSR count). The van der Waals surface area contributed by atoms with Gasteiger partial charge in [-0.25, -0.2) is 0 Å². The Bertz CT molecular complexity index is 1340. The molecule has 0 saturated carbocycles. The number of hydrogen-bond acceptors (Lipinski definition) is 9. The molecule has 9 heteroatoms. The summed E-state index contributed by atoms with van der Waals surface area (Å²) in [5.74, 6) is 0.719. The summed E-state index contributed by atoms with van der Waals surface area (Å²) in [5.41, 5.74) is -0.903. The zero-order valence-corrected chi connectivity index (χ0v) is 21.5. The third-order valence-corrected chi connectivity index (χ3v) is 9.27. The number of carbonyl (C=O) groups excluding carboxylic acids is 1. The van der Waals surface area contributed by atoms with Crippen molar-refractivity contribution in [1.29, 1.82) is 0 Å². The van der Waals surface area contributed by atoms with Crippen LogP contribution in [0.2, 0.25) is 0 Å². The number of aromatic hydroxyl groups is 1. The lowest BCUT2D eigenvalue weighted by Crippen LogP contribution is -2.76. The van der Waals surface area contributed by atoms with Crippen LogP contribution in [0.15, 0.2) is 6.07 Å². The molecule has 9 nitrogen and oxygen atoms in total. The Morgan fingerprint density at radius 1 is 1.11 bits per heavy atom. The molecule has 5 atom stereocenters. The van der Waals surface area contributed by atoms with Gasteiger partial charge in [-0.15, -0.1) is 0 Å². The Kier molecular flexibility index (Phi) is 4.85. The van der Waals surface area contributed by atoms with E-state index in [2.05, 4.69) is 0 Å². The van der Waals surface area contributed by atoms with Gasteiger partial charge in [0.15, 0.2) is 28.9 Å². The molecular formula is C28H32O9. The third kappa shape index (κ3) is 2.74. The average molecular weight is 513 g/mol. The molecule has 2 bridgehead atoms. The van der Waals surface area contributed by atoms with Gasteiger partial charge >= 0.3 is 0 Å². The quantitative estimate of drug-likeness (QED) is 0.585. The van der Waals surface area contributed by atoms with Crippen molar-refractivity contribution in [2.75, 3.05) is 26.9 Å². The van der Waals surface area contributed by atoms with Crippen molar-refractivity contribution in [3.63, 3.8) is 0 Å². The second-order valence-corrected chi connectivity index (χ2v) is 11.2. The number of aliphatic hydroxyl groups excluding tert-OH is 1. The van der Waals surface area contributed by atoms with Crippen molar-refractivity contribution in [1.82, 2.24) is 0 Å². The number of epoxide rings is 1. The Labute approximate surface area is 214 Å². The standard InChI is InChI=1S/C28H32O9/c1-13-11-15-19(20(30)18-14(21(15)32-4)7-5-8-16(18)29)22-17(13)23-24(31)26(2,36-22)28(12-35-28)27(3,37-23)25-33-9-6-10-34-25/h11,23-25,30-31H,5-10,12H2,1-4H3/t23-,24-,26+,27+,28-/m0/s1. The van der Waals surface area contributed by atoms with Gasteiger partial charge in [0.2, 0.25) is 0 Å². The number of methoxy groups -OCH3 is 1. The topological polar surface area (TPSA) is 116 Å². The number of aryl methyl sites for hydroxylation is 1. The third-order valence-electron chi connectivity index (χ3n) is 9.27. The molecule has 0 aromatic heterocycles. The van der Waals surface area contributed by atoms with Crippen LogP contribution in [0, 0.1) is 6.92 Å². The monoisotopic (exact) mass is 512 g/mol. The first-order valence-corrected chi connectivity index (χ1v) is 13.0. The maximum atomic E-state index is 13.0. The van der Waals surface area contributed by atoms with Gasteiger partial charge in [0, 0.05) is 22.9 Å². The molecule has 2 aromatic carbocycles. The second kappa shape index (κ2) is 7.57. The molecule has 4 heterocycles. The number of rotatable bonds is 2. The van der Waals surface area contributed by atoms with E-state index < -0.39 is 35.3 Å². The van der Waals surface area contributed by atoms with Crippen LogP contribution in [0.25, 0.3) is 10.8 Å². The minimum Gasteiger partial charge on any atom is -0.506 e. The summed E-state index contributed by atoms with van der Waals surface area (Å²) < 4.78 is 37.4. The largest absolute Gasteiger partial charge is 0.506 e. The van der Waals surface area contributed by atoms with Crippen molar-refractivity contribution < 1.29 is 43.4 Å². The maximum absolute atomic E-state index is 13.0. The summed E-state index contributed by atoms with van der Waals surface area (Å²) in [6.45, 7) is 7.00. The lowest BCUT2D eigenvalue weighted by atomic mass is 9.66. The van der Waals surface area contributed by atoms with Crippen molar-refractivity contribution in [2.45, 2.75) is 81.8 Å². The van der Waals surface area contributed by atoms with Gasteiger partial charge in [0.1, 0.15) is 29.5 Å². The van der Waals surface area contributed by atoms with E-state index in [1.165, 1.54) is 0 Å². The molecule has 3 saturated heterocycles. The van der Waals surface area contributed by atoms with E-state index >= 15 is 0 Å². The molecule has 1 spiro atoms. The first kappa shape index (κ1) is 23.7. The molecular weight excluding hydrogens is 480 g/mol. The van der Waals surface area contributed by atoms with E-state index in [-0.39, 0.29) is 18.1 Å². The van der Waals surface area contributed by atoms with Gasteiger partial charge in [0.05, 0.1) is 37.9 Å². The Hall–Kier alpha value is -2.43. The first-order chi connectivity index (χ1) is 17.7. The normalized spacial score (nSPS) is 36.7. The van der Waals surface area contributed by atoms with Crippen molar-refractivity contribution in [3.05, 3.63) is 28.3 Å². The highest BCUT2D eigenvalue weighted by atomic mass is 16.7. The summed E-state index contributed by atoms with van der Waals surface area (Å²) in [4.78, 5) is 13.0. The highest BCUT2D eigenvalue weighted by molar-refractivity contribution is 6.11. The number of phenolic OH excluding ortho intramolecular Hbond substituents is 1. The lowest BCUT2D eigenvalue weighted by molar-refractivity contribution is -0.360. The van der Waals surface area contributed by atoms with Gasteiger partial charge in [-0.05, 0) is 51.7 Å². The second-order valence-electron chi connectivity index (χ2n) is 11.2. The number of aliphatic hydroxyl groups is 1. The van der Waals surface area contributed by atoms with Gasteiger partial charge in [-0.3, -0.25) is 4.79 Å². The first-order valence-electron chi connectivity index (χ1n) is 13.0. The van der Waals surface area contributed by atoms with Gasteiger partial charge in [0.25, 0.3) is 0 Å². The van der Waals surface area contributed by atoms with E-state index in [9.17, 15) is 15.0 Å². The molecule has 2 N–H and O–H groups in total. The number of phenols is 1. The number of carbonyl (C=O) groups is 1. The minimum atomic E-state index is -1.25. The van der Waals surface area contributed by atoms with E-state index in [1.54, 1.807) is 7.11 Å². The van der Waals surface area contributed by atoms with E-state index in [0.717, 1.165) is 17.5 Å². The van der Waals surface area contributed by atoms with Gasteiger partial charge < -0.3 is 38.6 Å². The molecule has 1 aliphatic carbocycles. The molecule has 37 heavy (non-hydrogen) atoms. The number of Topliss-reactive ketones (excluding diaryl/α,β-unsaturated/α-hetero) is 1. The van der Waals surface area contributed by atoms with Crippen molar-refractivity contribution in [3.8, 4) is 17.2 Å². The Morgan fingerprint density at radius 3 is 2.51 bits per heavy atom. The van der Waals surface area contributed by atoms with E-state index in [0.29, 0.717) is 65.9 Å². The Morgan fingerprint density at radius 2 is 1.84 bits per heavy atom. The van der Waals surface area contributed by atoms with Crippen LogP contribution < -0.4 is 9.47 Å². The Balaban J connectivity index is 1.50. The molecule has 0 amide bonds. The van der Waals surface area contributed by atoms with Crippen LogP contribution in [-0.2, 0) is 25.4 Å². The highest BCUT2D eigenvalue weighted by Gasteiger charge is 2.81. The van der Waals surface area contributed by atoms with Crippen LogP contribution in [0.5, 0.6) is 17.2 Å². The van der Waals surface area contributed by atoms with Crippen LogP contribution in [-0.4, -0.2) is 72.1 Å². The zero-order valence-electron chi connectivity index (χ0n) is 21.5. The van der Waals surface area contributed by atoms with E-state index in [4.69, 9.17) is 28.4 Å². The summed E-state index contributed by atoms with van der Waals surface area (Å²) in [6.07, 6.45) is -0.0486. The molecule has 3 fully saturated rings. The summed E-state index contributed by atoms with van der Waals surface area (Å²) in [5, 5.41) is 24.3. The fraction of sp³-hybridized carbons (Fsp3) is 0.607. The number of hydrogen-bond donors (Lipinski definition) is 2. The summed E-state index contributed by atoms with van der Waals surface area (Å²) in [6, 6.07) is 1.91. The van der Waals surface area contributed by atoms with Crippen LogP contribution >= 0.6 is 0 Å². The fourth-order valence-corrected chi connectivity index (χ4v) is 7.26. The molecule has 5 aliphatic rings. The lowest BCUT2D eigenvalue weighted by Gasteiger charge is -2.59. The predicted octanol–water partition coefficient (Wildman–Crippen LogP) is 3.26. The minimum absolute atomic E-state index is 0.114. The molecule has 4 aliphatic heterocycles. The van der Waals surface area contributed by atoms with Crippen LogP contribution in [0.1, 0.15) is 66.3 Å². The smallest absolute Gasteiger partial charge is 0.189 e.